The molecule has 0 aliphatic heterocycles. The van der Waals surface area contributed by atoms with E-state index in [0.29, 0.717) is 13.0 Å². The lowest BCUT2D eigenvalue weighted by atomic mass is 10.5. The van der Waals surface area contributed by atoms with Crippen LogP contribution in [0.1, 0.15) is 20.3 Å². The summed E-state index contributed by atoms with van der Waals surface area (Å²) in [6, 6.07) is 0. The van der Waals surface area contributed by atoms with Gasteiger partial charge < -0.3 is 18.0 Å². The minimum absolute atomic E-state index is 0.441. The van der Waals surface area contributed by atoms with E-state index >= 15 is 0 Å². The topological polar surface area (TPSA) is 54.0 Å². The maximum absolute atomic E-state index is 11.2. The van der Waals surface area contributed by atoms with Gasteiger partial charge in [-0.15, -0.1) is 0 Å². The molecule has 0 rings (SSSR count). The summed E-state index contributed by atoms with van der Waals surface area (Å²) in [5, 5.41) is 0. The molecule has 0 radical (unpaired) electrons. The van der Waals surface area contributed by atoms with E-state index in [2.05, 4.69) is 6.58 Å². The molecule has 1 unspecified atom stereocenters. The van der Waals surface area contributed by atoms with Crippen molar-refractivity contribution in [3.05, 3.63) is 12.7 Å². The minimum Gasteiger partial charge on any atom is -0.455 e. The molecule has 0 heterocycles. The molecule has 94 valence electrons. The SMILES string of the molecule is C=CC(=O)OC(CC)[Si](OC)(OC)OCC. The summed E-state index contributed by atoms with van der Waals surface area (Å²) in [7, 11) is 0.0489. The predicted molar refractivity (Wildman–Crippen MR) is 61.8 cm³/mol. The van der Waals surface area contributed by atoms with E-state index in [4.69, 9.17) is 18.0 Å². The zero-order valence-electron chi connectivity index (χ0n) is 10.3. The Bertz CT molecular complexity index is 227. The molecule has 0 aliphatic rings. The number of rotatable bonds is 8. The van der Waals surface area contributed by atoms with Crippen molar-refractivity contribution >= 4 is 14.8 Å². The van der Waals surface area contributed by atoms with Crippen molar-refractivity contribution in [2.45, 2.75) is 26.0 Å². The Morgan fingerprint density at radius 1 is 1.38 bits per heavy atom. The molecule has 0 saturated carbocycles. The smallest absolute Gasteiger partial charge is 0.455 e. The highest BCUT2D eigenvalue weighted by Crippen LogP contribution is 2.19. The summed E-state index contributed by atoms with van der Waals surface area (Å²) in [5.74, 6) is -0.502. The van der Waals surface area contributed by atoms with E-state index < -0.39 is 20.5 Å². The third kappa shape index (κ3) is 3.71. The van der Waals surface area contributed by atoms with Crippen LogP contribution in [0.25, 0.3) is 0 Å². The first-order valence-corrected chi connectivity index (χ1v) is 6.97. The van der Waals surface area contributed by atoms with Crippen LogP contribution in [0.15, 0.2) is 12.7 Å². The maximum atomic E-state index is 11.2. The summed E-state index contributed by atoms with van der Waals surface area (Å²) < 4.78 is 21.3. The molecule has 0 N–H and O–H groups in total. The summed E-state index contributed by atoms with van der Waals surface area (Å²) in [6.07, 6.45) is 1.67. The molecule has 5 nitrogen and oxygen atoms in total. The first-order chi connectivity index (χ1) is 7.60. The average molecular weight is 248 g/mol. The zero-order valence-corrected chi connectivity index (χ0v) is 11.3. The fourth-order valence-electron chi connectivity index (χ4n) is 1.35. The van der Waals surface area contributed by atoms with E-state index in [9.17, 15) is 4.79 Å². The summed E-state index contributed by atoms with van der Waals surface area (Å²) in [6.45, 7) is 7.50. The number of esters is 1. The van der Waals surface area contributed by atoms with Gasteiger partial charge in [-0.05, 0) is 13.3 Å². The molecule has 0 bridgehead atoms. The van der Waals surface area contributed by atoms with Crippen molar-refractivity contribution in [2.75, 3.05) is 20.8 Å². The van der Waals surface area contributed by atoms with Gasteiger partial charge in [0.2, 0.25) is 0 Å². The quantitative estimate of drug-likeness (QED) is 0.368. The zero-order chi connectivity index (χ0) is 12.6. The van der Waals surface area contributed by atoms with Crippen molar-refractivity contribution in [2.24, 2.45) is 0 Å². The van der Waals surface area contributed by atoms with Crippen LogP contribution in [-0.4, -0.2) is 41.3 Å². The number of carbonyl (C=O) groups excluding carboxylic acids is 1. The van der Waals surface area contributed by atoms with Crippen LogP contribution in [0.4, 0.5) is 0 Å². The normalized spacial score (nSPS) is 13.2. The summed E-state index contributed by atoms with van der Waals surface area (Å²) >= 11 is 0. The van der Waals surface area contributed by atoms with Gasteiger partial charge in [0.1, 0.15) is 0 Å². The van der Waals surface area contributed by atoms with Crippen molar-refractivity contribution in [1.29, 1.82) is 0 Å². The van der Waals surface area contributed by atoms with Gasteiger partial charge in [-0.2, -0.15) is 0 Å². The molecule has 1 atom stereocenters. The Kier molecular flexibility index (Phi) is 7.23. The Balaban J connectivity index is 4.81. The Morgan fingerprint density at radius 3 is 2.25 bits per heavy atom. The van der Waals surface area contributed by atoms with Crippen LogP contribution in [0.2, 0.25) is 0 Å². The largest absolute Gasteiger partial charge is 0.543 e. The van der Waals surface area contributed by atoms with Crippen LogP contribution in [0, 0.1) is 0 Å². The van der Waals surface area contributed by atoms with E-state index in [-0.39, 0.29) is 0 Å². The van der Waals surface area contributed by atoms with Crippen molar-refractivity contribution in [3.63, 3.8) is 0 Å². The van der Waals surface area contributed by atoms with Gasteiger partial charge in [-0.3, -0.25) is 0 Å². The molecule has 0 aromatic rings. The van der Waals surface area contributed by atoms with Gasteiger partial charge >= 0.3 is 14.8 Å². The highest BCUT2D eigenvalue weighted by molar-refractivity contribution is 6.62. The average Bonchev–Trinajstić information content (AvgIpc) is 2.33. The minimum atomic E-state index is -2.94. The van der Waals surface area contributed by atoms with Gasteiger partial charge in [0, 0.05) is 26.9 Å². The molecular formula is C10H20O5Si. The van der Waals surface area contributed by atoms with Gasteiger partial charge in [0.15, 0.2) is 5.73 Å². The fourth-order valence-corrected chi connectivity index (χ4v) is 3.63. The predicted octanol–water partition coefficient (Wildman–Crippen LogP) is 1.30. The third-order valence-corrected chi connectivity index (χ3v) is 5.25. The van der Waals surface area contributed by atoms with Crippen LogP contribution in [0.5, 0.6) is 0 Å². The summed E-state index contributed by atoms with van der Waals surface area (Å²) in [5.41, 5.74) is -0.507. The first kappa shape index (κ1) is 15.3. The van der Waals surface area contributed by atoms with Crippen LogP contribution >= 0.6 is 0 Å². The molecule has 0 aliphatic carbocycles. The highest BCUT2D eigenvalue weighted by atomic mass is 28.4. The van der Waals surface area contributed by atoms with Gasteiger partial charge in [0.25, 0.3) is 0 Å². The molecule has 16 heavy (non-hydrogen) atoms. The molecule has 0 saturated heterocycles. The number of hydrogen-bond acceptors (Lipinski definition) is 5. The Morgan fingerprint density at radius 2 is 1.94 bits per heavy atom. The van der Waals surface area contributed by atoms with Gasteiger partial charge in [0.05, 0.1) is 0 Å². The van der Waals surface area contributed by atoms with Crippen LogP contribution in [0.3, 0.4) is 0 Å². The third-order valence-electron chi connectivity index (χ3n) is 2.10. The molecular weight excluding hydrogens is 228 g/mol. The standard InChI is InChI=1S/C10H20O5Si/c1-6-9(11)15-10(7-2)16(12-4,13-5)14-8-3/h6,10H,1,7-8H2,2-5H3. The van der Waals surface area contributed by atoms with Gasteiger partial charge in [-0.1, -0.05) is 13.5 Å². The van der Waals surface area contributed by atoms with Crippen molar-refractivity contribution in [3.8, 4) is 0 Å². The van der Waals surface area contributed by atoms with Crippen molar-refractivity contribution < 1.29 is 22.8 Å². The van der Waals surface area contributed by atoms with Crippen LogP contribution < -0.4 is 0 Å². The van der Waals surface area contributed by atoms with E-state index in [1.807, 2.05) is 13.8 Å². The maximum Gasteiger partial charge on any atom is 0.543 e. The second-order valence-electron chi connectivity index (χ2n) is 2.98. The second-order valence-corrected chi connectivity index (χ2v) is 5.94. The first-order valence-electron chi connectivity index (χ1n) is 5.17. The number of ether oxygens (including phenoxy) is 1. The molecule has 0 amide bonds. The molecule has 0 fully saturated rings. The lowest BCUT2D eigenvalue weighted by Gasteiger charge is -2.31. The van der Waals surface area contributed by atoms with Crippen molar-refractivity contribution in [1.82, 2.24) is 0 Å². The van der Waals surface area contributed by atoms with E-state index in [1.54, 1.807) is 0 Å². The molecule has 0 aromatic heterocycles. The van der Waals surface area contributed by atoms with Crippen LogP contribution in [-0.2, 0) is 22.8 Å². The monoisotopic (exact) mass is 248 g/mol. The lowest BCUT2D eigenvalue weighted by Crippen LogP contribution is -2.56. The Labute approximate surface area is 97.7 Å². The molecule has 0 aromatic carbocycles. The second kappa shape index (κ2) is 7.56. The molecule has 6 heteroatoms. The molecule has 0 spiro atoms. The summed E-state index contributed by atoms with van der Waals surface area (Å²) in [4.78, 5) is 11.2. The number of carbonyl (C=O) groups is 1. The highest BCUT2D eigenvalue weighted by Gasteiger charge is 2.49. The van der Waals surface area contributed by atoms with Gasteiger partial charge in [-0.25, -0.2) is 4.79 Å². The number of hydrogen-bond donors (Lipinski definition) is 0. The van der Waals surface area contributed by atoms with E-state index in [1.165, 1.54) is 14.2 Å². The van der Waals surface area contributed by atoms with E-state index in [0.717, 1.165) is 6.08 Å². The fraction of sp³-hybridized carbons (Fsp3) is 0.700. The Hall–Kier alpha value is -0.693. The lowest BCUT2D eigenvalue weighted by molar-refractivity contribution is -0.142.